The highest BCUT2D eigenvalue weighted by Gasteiger charge is 2.84. The van der Waals surface area contributed by atoms with Gasteiger partial charge in [0.05, 0.1) is 0 Å². The van der Waals surface area contributed by atoms with Crippen LogP contribution in [0.1, 0.15) is 12.8 Å². The zero-order chi connectivity index (χ0) is 24.0. The molecule has 0 aromatic carbocycles. The molecule has 0 radical (unpaired) electrons. The molecule has 0 aromatic rings. The smallest absolute Gasteiger partial charge is 0.351 e. The fourth-order valence-corrected chi connectivity index (χ4v) is 2.10. The molecule has 0 bridgehead atoms. The number of nitrogens with one attached hydrogen (secondary N) is 2. The zero-order valence-electron chi connectivity index (χ0n) is 17.0. The van der Waals surface area contributed by atoms with E-state index in [1.165, 1.54) is 10.6 Å². The molecule has 2 N–H and O–H groups in total. The largest absolute Gasteiger partial charge is 0.392 e. The molecule has 178 valence electrons. The number of halogens is 8. The fraction of sp³-hybridized carbons (Fsp3) is 0.875. The maximum atomic E-state index is 13.8. The van der Waals surface area contributed by atoms with Gasteiger partial charge in [-0.25, -0.2) is 0 Å². The predicted molar refractivity (Wildman–Crippen MR) is 92.1 cm³/mol. The molecule has 30 heavy (non-hydrogen) atoms. The summed E-state index contributed by atoms with van der Waals surface area (Å²) in [4.78, 5) is 25.8. The molecular formula is C16H26F8N4O2. The van der Waals surface area contributed by atoms with Crippen LogP contribution in [0, 0.1) is 0 Å². The molecule has 0 heterocycles. The number of carbonyl (C=O) groups excluding carboxylic acids is 2. The second-order valence-corrected chi connectivity index (χ2v) is 7.12. The van der Waals surface area contributed by atoms with Crippen molar-refractivity contribution < 1.29 is 44.7 Å². The van der Waals surface area contributed by atoms with Gasteiger partial charge in [-0.1, -0.05) is 0 Å². The average Bonchev–Trinajstić information content (AvgIpc) is 2.60. The number of rotatable bonds is 13. The molecule has 0 fully saturated rings. The Kier molecular flexibility index (Phi) is 9.96. The highest BCUT2D eigenvalue weighted by Crippen LogP contribution is 2.52. The van der Waals surface area contributed by atoms with E-state index in [2.05, 4.69) is 0 Å². The minimum absolute atomic E-state index is 0.00228. The lowest BCUT2D eigenvalue weighted by Crippen LogP contribution is -2.69. The van der Waals surface area contributed by atoms with Crippen LogP contribution in [-0.4, -0.2) is 99.7 Å². The van der Waals surface area contributed by atoms with Crippen molar-refractivity contribution in [2.75, 3.05) is 54.4 Å². The van der Waals surface area contributed by atoms with Gasteiger partial charge in [0.1, 0.15) is 0 Å². The van der Waals surface area contributed by atoms with E-state index in [9.17, 15) is 44.7 Å². The maximum Gasteiger partial charge on any atom is 0.392 e. The van der Waals surface area contributed by atoms with Crippen LogP contribution in [0.25, 0.3) is 0 Å². The lowest BCUT2D eigenvalue weighted by atomic mass is 9.97. The van der Waals surface area contributed by atoms with Crippen molar-refractivity contribution in [3.05, 3.63) is 0 Å². The van der Waals surface area contributed by atoms with Gasteiger partial charge in [-0.05, 0) is 54.1 Å². The summed E-state index contributed by atoms with van der Waals surface area (Å²) < 4.78 is 110. The second kappa shape index (κ2) is 10.6. The number of nitrogens with zero attached hydrogens (tertiary/aromatic N) is 2. The molecule has 0 rings (SSSR count). The Morgan fingerprint density at radius 2 is 0.900 bits per heavy atom. The molecule has 0 atom stereocenters. The van der Waals surface area contributed by atoms with Crippen LogP contribution in [0.15, 0.2) is 0 Å². The van der Waals surface area contributed by atoms with Crippen molar-refractivity contribution in [2.45, 2.75) is 36.5 Å². The van der Waals surface area contributed by atoms with E-state index >= 15 is 0 Å². The van der Waals surface area contributed by atoms with Crippen molar-refractivity contribution in [3.63, 3.8) is 0 Å². The van der Waals surface area contributed by atoms with Crippen LogP contribution in [0.2, 0.25) is 0 Å². The number of alkyl halides is 8. The summed E-state index contributed by atoms with van der Waals surface area (Å²) in [6, 6.07) is 0. The molecular weight excluding hydrogens is 432 g/mol. The van der Waals surface area contributed by atoms with E-state index in [1.54, 1.807) is 38.0 Å². The van der Waals surface area contributed by atoms with Crippen LogP contribution in [0.3, 0.4) is 0 Å². The molecule has 6 nitrogen and oxygen atoms in total. The van der Waals surface area contributed by atoms with Crippen LogP contribution in [0.5, 0.6) is 0 Å². The van der Waals surface area contributed by atoms with Crippen molar-refractivity contribution in [3.8, 4) is 0 Å². The van der Waals surface area contributed by atoms with Gasteiger partial charge in [-0.2, -0.15) is 35.1 Å². The molecule has 0 saturated heterocycles. The Morgan fingerprint density at radius 1 is 0.633 bits per heavy atom. The number of carbonyl (C=O) groups is 2. The van der Waals surface area contributed by atoms with E-state index in [1.807, 2.05) is 0 Å². The third kappa shape index (κ3) is 6.40. The predicted octanol–water partition coefficient (Wildman–Crippen LogP) is 1.66. The molecule has 0 aliphatic heterocycles. The number of hydrogen-bond acceptors (Lipinski definition) is 4. The van der Waals surface area contributed by atoms with Gasteiger partial charge in [-0.15, -0.1) is 0 Å². The van der Waals surface area contributed by atoms with Gasteiger partial charge < -0.3 is 20.4 Å². The Labute approximate surface area is 168 Å². The fourth-order valence-electron chi connectivity index (χ4n) is 2.10. The normalized spacial score (nSPS) is 13.7. The quantitative estimate of drug-likeness (QED) is 0.326. The first-order valence-electron chi connectivity index (χ1n) is 8.80. The van der Waals surface area contributed by atoms with E-state index in [0.717, 1.165) is 0 Å². The summed E-state index contributed by atoms with van der Waals surface area (Å²) in [7, 11) is 6.33. The minimum atomic E-state index is -6.85. The van der Waals surface area contributed by atoms with E-state index in [4.69, 9.17) is 0 Å². The van der Waals surface area contributed by atoms with Gasteiger partial charge in [0.15, 0.2) is 0 Å². The molecule has 0 aliphatic carbocycles. The molecule has 0 saturated carbocycles. The molecule has 2 amide bonds. The third-order valence-electron chi connectivity index (χ3n) is 3.89. The Morgan fingerprint density at radius 3 is 1.13 bits per heavy atom. The van der Waals surface area contributed by atoms with Gasteiger partial charge >= 0.3 is 23.7 Å². The lowest BCUT2D eigenvalue weighted by Gasteiger charge is -2.35. The highest BCUT2D eigenvalue weighted by atomic mass is 19.4. The summed E-state index contributed by atoms with van der Waals surface area (Å²) in [6.07, 6.45) is 0.00456. The first-order valence-corrected chi connectivity index (χ1v) is 8.80. The highest BCUT2D eigenvalue weighted by molar-refractivity contribution is 5.87. The summed E-state index contributed by atoms with van der Waals surface area (Å²) in [5, 5.41) is 2.62. The summed E-state index contributed by atoms with van der Waals surface area (Å²) in [5.74, 6) is -31.8. The lowest BCUT2D eigenvalue weighted by molar-refractivity contribution is -0.347. The summed E-state index contributed by atoms with van der Waals surface area (Å²) >= 11 is 0. The monoisotopic (exact) mass is 458 g/mol. The third-order valence-corrected chi connectivity index (χ3v) is 3.89. The van der Waals surface area contributed by atoms with E-state index in [0.29, 0.717) is 0 Å². The molecule has 0 aromatic heterocycles. The maximum absolute atomic E-state index is 13.8. The Hall–Kier alpha value is -1.70. The van der Waals surface area contributed by atoms with Crippen molar-refractivity contribution >= 4 is 11.8 Å². The Balaban J connectivity index is 5.33. The summed E-state index contributed by atoms with van der Waals surface area (Å²) in [5.41, 5.74) is 0. The van der Waals surface area contributed by atoms with Crippen LogP contribution in [0.4, 0.5) is 35.1 Å². The minimum Gasteiger partial charge on any atom is -0.351 e. The average molecular weight is 458 g/mol. The van der Waals surface area contributed by atoms with Crippen molar-refractivity contribution in [2.24, 2.45) is 0 Å². The molecule has 0 spiro atoms. The second-order valence-electron chi connectivity index (χ2n) is 7.12. The van der Waals surface area contributed by atoms with Gasteiger partial charge in [0, 0.05) is 13.1 Å². The first-order chi connectivity index (χ1) is 13.4. The molecule has 0 aliphatic rings. The number of amides is 2. The molecule has 0 unspecified atom stereocenters. The first kappa shape index (κ1) is 28.3. The standard InChI is InChI=1S/C16H26F8N4O2/c1-27(2)9-5-7-25-11(29)13(17,18)15(21,22)16(23,24)14(19,20)12(30)26-8-6-10-28(3)4/h5-10H2,1-4H3,(H,25,29)(H,26,30). The van der Waals surface area contributed by atoms with Gasteiger partial charge in [0.2, 0.25) is 0 Å². The van der Waals surface area contributed by atoms with Crippen molar-refractivity contribution in [1.82, 2.24) is 20.4 Å². The van der Waals surface area contributed by atoms with Crippen LogP contribution in [-0.2, 0) is 9.59 Å². The van der Waals surface area contributed by atoms with Gasteiger partial charge in [-0.3, -0.25) is 9.59 Å². The van der Waals surface area contributed by atoms with E-state index < -0.39 is 48.6 Å². The zero-order valence-corrected chi connectivity index (χ0v) is 17.0. The van der Waals surface area contributed by atoms with E-state index in [-0.39, 0.29) is 25.9 Å². The Bertz CT molecular complexity index is 536. The SMILES string of the molecule is CN(C)CCCNC(=O)C(F)(F)C(F)(F)C(F)(F)C(F)(F)C(=O)NCCCN(C)C. The van der Waals surface area contributed by atoms with Crippen molar-refractivity contribution in [1.29, 1.82) is 0 Å². The topological polar surface area (TPSA) is 64.7 Å². The summed E-state index contributed by atoms with van der Waals surface area (Å²) in [6.45, 7) is -0.692. The van der Waals surface area contributed by atoms with Crippen LogP contribution < -0.4 is 10.6 Å². The van der Waals surface area contributed by atoms with Gasteiger partial charge in [0.25, 0.3) is 11.8 Å². The van der Waals surface area contributed by atoms with Crippen LogP contribution >= 0.6 is 0 Å². The number of hydrogen-bond donors (Lipinski definition) is 2. The molecule has 14 heteroatoms.